The standard InChI is InChI=1S/C21H17Cl2N3O5/c22-14-6-7-16(23)18(12-14)24-19(27)13-31-21(29)17-8-9-20(28)26(25-17)10-11-30-15-4-2-1-3-5-15/h1-9,12H,10-11,13H2,(H,24,27). The SMILES string of the molecule is O=C(COC(=O)c1ccc(=O)n(CCOc2ccccc2)n1)Nc1cc(Cl)ccc1Cl. The van der Waals surface area contributed by atoms with Crippen LogP contribution in [0.25, 0.3) is 0 Å². The van der Waals surface area contributed by atoms with E-state index in [0.717, 1.165) is 4.68 Å². The summed E-state index contributed by atoms with van der Waals surface area (Å²) in [6, 6.07) is 16.1. The Hall–Kier alpha value is -3.36. The molecular formula is C21H17Cl2N3O5. The van der Waals surface area contributed by atoms with Crippen molar-refractivity contribution in [3.8, 4) is 5.75 Å². The molecule has 8 nitrogen and oxygen atoms in total. The molecular weight excluding hydrogens is 445 g/mol. The fraction of sp³-hybridized carbons (Fsp3) is 0.143. The van der Waals surface area contributed by atoms with Crippen molar-refractivity contribution in [2.75, 3.05) is 18.5 Å². The van der Waals surface area contributed by atoms with Crippen molar-refractivity contribution in [1.82, 2.24) is 9.78 Å². The number of ether oxygens (including phenoxy) is 2. The zero-order valence-corrected chi connectivity index (χ0v) is 17.6. The number of halogens is 2. The molecule has 0 aliphatic carbocycles. The van der Waals surface area contributed by atoms with Gasteiger partial charge in [0.1, 0.15) is 12.4 Å². The number of hydrogen-bond acceptors (Lipinski definition) is 6. The molecule has 0 saturated carbocycles. The molecule has 0 saturated heterocycles. The topological polar surface area (TPSA) is 99.5 Å². The molecule has 0 aliphatic rings. The molecule has 0 spiro atoms. The lowest BCUT2D eigenvalue weighted by molar-refractivity contribution is -0.119. The molecule has 0 fully saturated rings. The van der Waals surface area contributed by atoms with Gasteiger partial charge in [0, 0.05) is 11.1 Å². The van der Waals surface area contributed by atoms with E-state index in [1.165, 1.54) is 24.3 Å². The number of nitrogens with one attached hydrogen (secondary N) is 1. The van der Waals surface area contributed by atoms with Crippen molar-refractivity contribution in [1.29, 1.82) is 0 Å². The number of para-hydroxylation sites is 1. The highest BCUT2D eigenvalue weighted by molar-refractivity contribution is 6.35. The molecule has 31 heavy (non-hydrogen) atoms. The van der Waals surface area contributed by atoms with Crippen molar-refractivity contribution in [2.24, 2.45) is 0 Å². The highest BCUT2D eigenvalue weighted by Gasteiger charge is 2.14. The molecule has 3 aromatic rings. The Bertz CT molecular complexity index is 1140. The molecule has 2 aromatic carbocycles. The van der Waals surface area contributed by atoms with Gasteiger partial charge in [-0.3, -0.25) is 9.59 Å². The first kappa shape index (κ1) is 22.3. The summed E-state index contributed by atoms with van der Waals surface area (Å²) in [5.74, 6) is -0.816. The number of benzene rings is 2. The second kappa shape index (κ2) is 10.6. The summed E-state index contributed by atoms with van der Waals surface area (Å²) in [6.45, 7) is -0.263. The van der Waals surface area contributed by atoms with Gasteiger partial charge < -0.3 is 14.8 Å². The number of amides is 1. The Morgan fingerprint density at radius 3 is 2.58 bits per heavy atom. The summed E-state index contributed by atoms with van der Waals surface area (Å²) < 4.78 is 11.6. The zero-order valence-electron chi connectivity index (χ0n) is 16.1. The van der Waals surface area contributed by atoms with E-state index >= 15 is 0 Å². The number of hydrogen-bond donors (Lipinski definition) is 1. The maximum absolute atomic E-state index is 12.2. The molecule has 3 rings (SSSR count). The van der Waals surface area contributed by atoms with Gasteiger partial charge in [0.15, 0.2) is 12.3 Å². The van der Waals surface area contributed by atoms with Gasteiger partial charge in [-0.2, -0.15) is 5.10 Å². The Labute approximate surface area is 187 Å². The second-order valence-corrected chi connectivity index (χ2v) is 7.03. The average molecular weight is 462 g/mol. The van der Waals surface area contributed by atoms with Gasteiger partial charge >= 0.3 is 5.97 Å². The van der Waals surface area contributed by atoms with Crippen LogP contribution in [0, 0.1) is 0 Å². The molecule has 0 aliphatic heterocycles. The molecule has 1 amide bonds. The number of esters is 1. The van der Waals surface area contributed by atoms with E-state index in [4.69, 9.17) is 32.7 Å². The third-order valence-electron chi connectivity index (χ3n) is 3.93. The van der Waals surface area contributed by atoms with Crippen LogP contribution < -0.4 is 15.6 Å². The average Bonchev–Trinajstić information content (AvgIpc) is 2.76. The monoisotopic (exact) mass is 461 g/mol. The Morgan fingerprint density at radius 2 is 1.81 bits per heavy atom. The first-order valence-electron chi connectivity index (χ1n) is 9.10. The van der Waals surface area contributed by atoms with Gasteiger partial charge in [-0.25, -0.2) is 9.48 Å². The smallest absolute Gasteiger partial charge is 0.359 e. The fourth-order valence-corrected chi connectivity index (χ4v) is 2.81. The molecule has 10 heteroatoms. The summed E-state index contributed by atoms with van der Waals surface area (Å²) in [5.41, 5.74) is -0.227. The van der Waals surface area contributed by atoms with Gasteiger partial charge in [0.05, 0.1) is 17.3 Å². The van der Waals surface area contributed by atoms with Crippen molar-refractivity contribution in [3.63, 3.8) is 0 Å². The molecule has 0 bridgehead atoms. The minimum Gasteiger partial charge on any atom is -0.492 e. The lowest BCUT2D eigenvalue weighted by Gasteiger charge is -2.10. The minimum absolute atomic E-state index is 0.118. The van der Waals surface area contributed by atoms with Gasteiger partial charge in [0.25, 0.3) is 11.5 Å². The third-order valence-corrected chi connectivity index (χ3v) is 4.49. The van der Waals surface area contributed by atoms with E-state index in [1.54, 1.807) is 18.2 Å². The molecule has 1 heterocycles. The third kappa shape index (κ3) is 6.56. The summed E-state index contributed by atoms with van der Waals surface area (Å²) in [7, 11) is 0. The Morgan fingerprint density at radius 1 is 1.03 bits per heavy atom. The lowest BCUT2D eigenvalue weighted by Crippen LogP contribution is -2.28. The molecule has 160 valence electrons. The van der Waals surface area contributed by atoms with Crippen LogP contribution in [0.2, 0.25) is 10.0 Å². The van der Waals surface area contributed by atoms with Gasteiger partial charge in [-0.15, -0.1) is 0 Å². The highest BCUT2D eigenvalue weighted by atomic mass is 35.5. The summed E-state index contributed by atoms with van der Waals surface area (Å²) in [6.07, 6.45) is 0. The number of rotatable bonds is 8. The fourth-order valence-electron chi connectivity index (χ4n) is 2.47. The van der Waals surface area contributed by atoms with Crippen molar-refractivity contribution < 1.29 is 19.1 Å². The first-order chi connectivity index (χ1) is 14.9. The lowest BCUT2D eigenvalue weighted by atomic mass is 10.3. The Kier molecular flexibility index (Phi) is 7.64. The van der Waals surface area contributed by atoms with Crippen LogP contribution in [0.15, 0.2) is 65.5 Å². The maximum Gasteiger partial charge on any atom is 0.359 e. The number of carbonyl (C=O) groups excluding carboxylic acids is 2. The van der Waals surface area contributed by atoms with Crippen LogP contribution in [0.3, 0.4) is 0 Å². The Balaban J connectivity index is 1.55. The second-order valence-electron chi connectivity index (χ2n) is 6.19. The van der Waals surface area contributed by atoms with Gasteiger partial charge in [-0.05, 0) is 36.4 Å². The van der Waals surface area contributed by atoms with Crippen LogP contribution >= 0.6 is 23.2 Å². The summed E-state index contributed by atoms with van der Waals surface area (Å²) in [5, 5.41) is 7.14. The van der Waals surface area contributed by atoms with Gasteiger partial charge in [-0.1, -0.05) is 41.4 Å². The van der Waals surface area contributed by atoms with Crippen molar-refractivity contribution in [3.05, 3.63) is 86.8 Å². The highest BCUT2D eigenvalue weighted by Crippen LogP contribution is 2.25. The number of aromatic nitrogens is 2. The van der Waals surface area contributed by atoms with E-state index < -0.39 is 24.0 Å². The molecule has 1 N–H and O–H groups in total. The van der Waals surface area contributed by atoms with Crippen molar-refractivity contribution >= 4 is 40.8 Å². The normalized spacial score (nSPS) is 10.4. The van der Waals surface area contributed by atoms with Crippen LogP contribution in [-0.2, 0) is 16.1 Å². The quantitative estimate of drug-likeness (QED) is 0.515. The number of carbonyl (C=O) groups is 2. The van der Waals surface area contributed by atoms with Crippen molar-refractivity contribution in [2.45, 2.75) is 6.54 Å². The van der Waals surface area contributed by atoms with E-state index in [2.05, 4.69) is 10.4 Å². The summed E-state index contributed by atoms with van der Waals surface area (Å²) in [4.78, 5) is 36.2. The first-order valence-corrected chi connectivity index (χ1v) is 9.86. The molecule has 1 aromatic heterocycles. The zero-order chi connectivity index (χ0) is 22.2. The largest absolute Gasteiger partial charge is 0.492 e. The molecule has 0 atom stereocenters. The van der Waals surface area contributed by atoms with E-state index in [-0.39, 0.29) is 23.9 Å². The van der Waals surface area contributed by atoms with Crippen LogP contribution in [0.4, 0.5) is 5.69 Å². The predicted octanol–water partition coefficient (Wildman–Crippen LogP) is 3.42. The van der Waals surface area contributed by atoms with Crippen LogP contribution in [0.5, 0.6) is 5.75 Å². The van der Waals surface area contributed by atoms with E-state index in [9.17, 15) is 14.4 Å². The summed E-state index contributed by atoms with van der Waals surface area (Å²) >= 11 is 11.8. The van der Waals surface area contributed by atoms with E-state index in [1.807, 2.05) is 18.2 Å². The van der Waals surface area contributed by atoms with Crippen LogP contribution in [0.1, 0.15) is 10.5 Å². The number of nitrogens with zero attached hydrogens (tertiary/aromatic N) is 2. The number of anilines is 1. The minimum atomic E-state index is -0.856. The predicted molar refractivity (Wildman–Crippen MR) is 116 cm³/mol. The van der Waals surface area contributed by atoms with E-state index in [0.29, 0.717) is 16.5 Å². The van der Waals surface area contributed by atoms with Crippen LogP contribution in [-0.4, -0.2) is 34.9 Å². The molecule has 0 unspecified atom stereocenters. The molecule has 0 radical (unpaired) electrons. The van der Waals surface area contributed by atoms with Gasteiger partial charge in [0.2, 0.25) is 0 Å². The maximum atomic E-state index is 12.2.